The minimum absolute atomic E-state index is 0.0200. The van der Waals surface area contributed by atoms with Crippen LogP contribution < -0.4 is 5.32 Å². The van der Waals surface area contributed by atoms with Gasteiger partial charge in [-0.25, -0.2) is 0 Å². The fourth-order valence-corrected chi connectivity index (χ4v) is 2.55. The number of amides is 1. The van der Waals surface area contributed by atoms with Crippen molar-refractivity contribution in [2.45, 2.75) is 46.6 Å². The van der Waals surface area contributed by atoms with E-state index in [1.165, 1.54) is 6.92 Å². The summed E-state index contributed by atoms with van der Waals surface area (Å²) in [7, 11) is 0. The molecule has 21 heavy (non-hydrogen) atoms. The lowest BCUT2D eigenvalue weighted by atomic mass is 9.87. The smallest absolute Gasteiger partial charge is 0.307 e. The van der Waals surface area contributed by atoms with Gasteiger partial charge in [0.25, 0.3) is 0 Å². The van der Waals surface area contributed by atoms with E-state index in [-0.39, 0.29) is 18.1 Å². The lowest BCUT2D eigenvalue weighted by molar-refractivity contribution is -0.136. The molecule has 1 atom stereocenters. The highest BCUT2D eigenvalue weighted by atomic mass is 32.2. The summed E-state index contributed by atoms with van der Waals surface area (Å²) < 4.78 is 0. The SMILES string of the molecule is CC(=O)N[C@H](CSCC/C=C\CC(=O)O)C(=O)C(C)(C)C. The first-order valence-corrected chi connectivity index (χ1v) is 8.06. The maximum absolute atomic E-state index is 12.2. The van der Waals surface area contributed by atoms with Crippen LogP contribution in [0.5, 0.6) is 0 Å². The van der Waals surface area contributed by atoms with Crippen LogP contribution in [0.25, 0.3) is 0 Å². The van der Waals surface area contributed by atoms with Crippen LogP contribution in [0, 0.1) is 5.41 Å². The van der Waals surface area contributed by atoms with Crippen LogP contribution in [0.1, 0.15) is 40.5 Å². The van der Waals surface area contributed by atoms with Gasteiger partial charge in [0.1, 0.15) is 0 Å². The maximum atomic E-state index is 12.2. The summed E-state index contributed by atoms with van der Waals surface area (Å²) in [6, 6.07) is -0.476. The van der Waals surface area contributed by atoms with Gasteiger partial charge in [0, 0.05) is 18.1 Å². The number of hydrogen-bond donors (Lipinski definition) is 2. The Morgan fingerprint density at radius 1 is 1.24 bits per heavy atom. The van der Waals surface area contributed by atoms with Crippen molar-refractivity contribution in [2.75, 3.05) is 11.5 Å². The lowest BCUT2D eigenvalue weighted by Crippen LogP contribution is -2.46. The van der Waals surface area contributed by atoms with Gasteiger partial charge in [0.15, 0.2) is 5.78 Å². The molecule has 0 aromatic carbocycles. The number of carbonyl (C=O) groups is 3. The Labute approximate surface area is 130 Å². The molecule has 5 nitrogen and oxygen atoms in total. The highest BCUT2D eigenvalue weighted by molar-refractivity contribution is 7.99. The summed E-state index contributed by atoms with van der Waals surface area (Å²) >= 11 is 1.57. The number of allylic oxidation sites excluding steroid dienone is 1. The van der Waals surface area contributed by atoms with Gasteiger partial charge in [-0.3, -0.25) is 14.4 Å². The number of Topliss-reactive ketones (excluding diaryl/α,β-unsaturated/α-hetero) is 1. The molecule has 0 bridgehead atoms. The molecule has 0 unspecified atom stereocenters. The van der Waals surface area contributed by atoms with Crippen LogP contribution in [-0.4, -0.2) is 40.3 Å². The molecule has 0 saturated heterocycles. The van der Waals surface area contributed by atoms with Crippen molar-refractivity contribution in [3.63, 3.8) is 0 Å². The molecule has 0 aromatic rings. The largest absolute Gasteiger partial charge is 0.481 e. The van der Waals surface area contributed by atoms with Crippen molar-refractivity contribution in [1.29, 1.82) is 0 Å². The fraction of sp³-hybridized carbons (Fsp3) is 0.667. The van der Waals surface area contributed by atoms with Crippen LogP contribution >= 0.6 is 11.8 Å². The van der Waals surface area contributed by atoms with Crippen molar-refractivity contribution >= 4 is 29.4 Å². The minimum Gasteiger partial charge on any atom is -0.481 e. The standard InChI is InChI=1S/C15H25NO4S/c1-11(17)16-12(14(20)15(2,3)4)10-21-9-7-5-6-8-13(18)19/h5-6,12H,7-10H2,1-4H3,(H,16,17)(H,18,19)/b6-5-/t12-/m1/s1. The van der Waals surface area contributed by atoms with Gasteiger partial charge in [-0.15, -0.1) is 0 Å². The van der Waals surface area contributed by atoms with E-state index < -0.39 is 17.4 Å². The molecular weight excluding hydrogens is 290 g/mol. The monoisotopic (exact) mass is 315 g/mol. The number of nitrogens with one attached hydrogen (secondary N) is 1. The zero-order valence-corrected chi connectivity index (χ0v) is 14.0. The van der Waals surface area contributed by atoms with Gasteiger partial charge in [-0.2, -0.15) is 11.8 Å². The number of carboxylic acids is 1. The van der Waals surface area contributed by atoms with Gasteiger partial charge in [-0.1, -0.05) is 32.9 Å². The molecule has 6 heteroatoms. The Morgan fingerprint density at radius 2 is 1.86 bits per heavy atom. The highest BCUT2D eigenvalue weighted by Gasteiger charge is 2.29. The molecular formula is C15H25NO4S. The van der Waals surface area contributed by atoms with E-state index >= 15 is 0 Å². The molecule has 0 fully saturated rings. The number of ketones is 1. The number of hydrogen-bond acceptors (Lipinski definition) is 4. The van der Waals surface area contributed by atoms with Gasteiger partial charge < -0.3 is 10.4 Å². The van der Waals surface area contributed by atoms with Crippen molar-refractivity contribution in [3.8, 4) is 0 Å². The van der Waals surface area contributed by atoms with Gasteiger partial charge in [0.2, 0.25) is 5.91 Å². The average molecular weight is 315 g/mol. The highest BCUT2D eigenvalue weighted by Crippen LogP contribution is 2.19. The summed E-state index contributed by atoms with van der Waals surface area (Å²) in [4.78, 5) is 33.7. The van der Waals surface area contributed by atoms with E-state index in [1.54, 1.807) is 17.8 Å². The van der Waals surface area contributed by atoms with Crippen molar-refractivity contribution in [1.82, 2.24) is 5.32 Å². The first-order valence-electron chi connectivity index (χ1n) is 6.90. The first-order chi connectivity index (χ1) is 9.64. The zero-order chi connectivity index (χ0) is 16.5. The topological polar surface area (TPSA) is 83.5 Å². The molecule has 0 aliphatic heterocycles. The van der Waals surface area contributed by atoms with Crippen LogP contribution in [-0.2, 0) is 14.4 Å². The second-order valence-electron chi connectivity index (χ2n) is 5.80. The number of carbonyl (C=O) groups excluding carboxylic acids is 2. The maximum Gasteiger partial charge on any atom is 0.307 e. The number of rotatable bonds is 9. The second-order valence-corrected chi connectivity index (χ2v) is 6.95. The average Bonchev–Trinajstić information content (AvgIpc) is 2.33. The Balaban J connectivity index is 4.20. The van der Waals surface area contributed by atoms with E-state index in [9.17, 15) is 14.4 Å². The molecule has 0 spiro atoms. The Kier molecular flexibility index (Phi) is 9.01. The molecule has 0 rings (SSSR count). The lowest BCUT2D eigenvalue weighted by Gasteiger charge is -2.24. The third-order valence-corrected chi connectivity index (χ3v) is 3.70. The molecule has 1 amide bonds. The Bertz CT molecular complexity index is 399. The van der Waals surface area contributed by atoms with Gasteiger partial charge in [0.05, 0.1) is 12.5 Å². The molecule has 2 N–H and O–H groups in total. The molecule has 0 heterocycles. The fourth-order valence-electron chi connectivity index (χ4n) is 1.61. The van der Waals surface area contributed by atoms with E-state index in [1.807, 2.05) is 26.8 Å². The van der Waals surface area contributed by atoms with E-state index in [4.69, 9.17) is 5.11 Å². The van der Waals surface area contributed by atoms with Gasteiger partial charge in [-0.05, 0) is 12.2 Å². The predicted octanol–water partition coefficient (Wildman–Crippen LogP) is 2.26. The summed E-state index contributed by atoms with van der Waals surface area (Å²) in [5.41, 5.74) is -0.491. The van der Waals surface area contributed by atoms with E-state index in [0.29, 0.717) is 5.75 Å². The number of carboxylic acid groups (broad SMARTS) is 1. The van der Waals surface area contributed by atoms with Crippen molar-refractivity contribution < 1.29 is 19.5 Å². The third-order valence-electron chi connectivity index (χ3n) is 2.61. The molecule has 0 aromatic heterocycles. The third kappa shape index (κ3) is 10.1. The van der Waals surface area contributed by atoms with E-state index in [2.05, 4.69) is 5.32 Å². The van der Waals surface area contributed by atoms with Crippen LogP contribution in [0.2, 0.25) is 0 Å². The summed E-state index contributed by atoms with van der Waals surface area (Å²) in [5.74, 6) is 0.276. The van der Waals surface area contributed by atoms with Crippen LogP contribution in [0.3, 0.4) is 0 Å². The molecule has 0 saturated carbocycles. The van der Waals surface area contributed by atoms with E-state index in [0.717, 1.165) is 12.2 Å². The van der Waals surface area contributed by atoms with Crippen LogP contribution in [0.15, 0.2) is 12.2 Å². The molecule has 120 valence electrons. The molecule has 0 aliphatic carbocycles. The minimum atomic E-state index is -0.847. The predicted molar refractivity (Wildman–Crippen MR) is 85.4 cm³/mol. The Morgan fingerprint density at radius 3 is 2.33 bits per heavy atom. The zero-order valence-electron chi connectivity index (χ0n) is 13.1. The number of thioether (sulfide) groups is 1. The van der Waals surface area contributed by atoms with Crippen molar-refractivity contribution in [2.24, 2.45) is 5.41 Å². The first kappa shape index (κ1) is 19.7. The summed E-state index contributed by atoms with van der Waals surface area (Å²) in [5, 5.41) is 11.2. The molecule has 0 radical (unpaired) electrons. The summed E-state index contributed by atoms with van der Waals surface area (Å²) in [6.07, 6.45) is 4.21. The van der Waals surface area contributed by atoms with Crippen molar-refractivity contribution in [3.05, 3.63) is 12.2 Å². The quantitative estimate of drug-likeness (QED) is 0.504. The normalized spacial score (nSPS) is 13.1. The Hall–Kier alpha value is -1.30. The molecule has 0 aliphatic rings. The van der Waals surface area contributed by atoms with Gasteiger partial charge >= 0.3 is 5.97 Å². The summed E-state index contributed by atoms with van der Waals surface area (Å²) in [6.45, 7) is 6.92. The number of aliphatic carboxylic acids is 1. The second kappa shape index (κ2) is 9.60. The van der Waals surface area contributed by atoms with Crippen LogP contribution in [0.4, 0.5) is 0 Å².